The predicted molar refractivity (Wildman–Crippen MR) is 88.6 cm³/mol. The molecular formula is C20H21OTi. The van der Waals surface area contributed by atoms with E-state index in [0.29, 0.717) is 0 Å². The van der Waals surface area contributed by atoms with Gasteiger partial charge in [0.2, 0.25) is 0 Å². The Bertz CT molecular complexity index is 316. The van der Waals surface area contributed by atoms with Gasteiger partial charge in [-0.05, 0) is 6.92 Å². The molecule has 1 nitrogen and oxygen atoms in total. The normalized spacial score (nSPS) is 7.36. The van der Waals surface area contributed by atoms with Gasteiger partial charge in [0.05, 0.1) is 0 Å². The van der Waals surface area contributed by atoms with E-state index in [9.17, 15) is 0 Å². The van der Waals surface area contributed by atoms with Crippen molar-refractivity contribution in [2.75, 3.05) is 6.61 Å². The molecule has 22 heavy (non-hydrogen) atoms. The summed E-state index contributed by atoms with van der Waals surface area (Å²) in [5, 5.41) is 7.57. The smallest absolute Gasteiger partial charge is 0.397 e. The standard InChI is InChI=1S/3C6H5.C2H6O.Ti/c3*1-2-4-6-5-3-1;1-2-3;/h3*1-5H;3H,2H2,1H3;/q3*-1;;+3. The molecule has 0 aliphatic heterocycles. The van der Waals surface area contributed by atoms with E-state index in [4.69, 9.17) is 5.11 Å². The fourth-order valence-corrected chi connectivity index (χ4v) is 1.03. The number of aliphatic hydroxyl groups is 1. The van der Waals surface area contributed by atoms with Crippen LogP contribution in [0.25, 0.3) is 0 Å². The molecule has 0 saturated heterocycles. The number of hydrogen-bond donors (Lipinski definition) is 1. The molecule has 1 radical (unpaired) electrons. The SMILES string of the molecule is CCO.[Ti+3].[c-]1ccccc1.[c-]1ccccc1.[c-]1ccccc1. The van der Waals surface area contributed by atoms with Crippen molar-refractivity contribution in [3.8, 4) is 0 Å². The Kier molecular flexibility index (Phi) is 22.2. The third-order valence-corrected chi connectivity index (χ3v) is 1.82. The second-order valence-electron chi connectivity index (χ2n) is 3.55. The van der Waals surface area contributed by atoms with Gasteiger partial charge in [0.15, 0.2) is 0 Å². The first-order chi connectivity index (χ1) is 10.4. The average Bonchev–Trinajstić information content (AvgIpc) is 2.61. The first-order valence-corrected chi connectivity index (χ1v) is 6.76. The van der Waals surface area contributed by atoms with Crippen molar-refractivity contribution in [1.29, 1.82) is 0 Å². The second kappa shape index (κ2) is 21.6. The molecule has 0 aliphatic carbocycles. The maximum atomic E-state index is 7.57. The van der Waals surface area contributed by atoms with Gasteiger partial charge in [-0.2, -0.15) is 109 Å². The summed E-state index contributed by atoms with van der Waals surface area (Å²) < 4.78 is 0. The summed E-state index contributed by atoms with van der Waals surface area (Å²) in [4.78, 5) is 0. The summed E-state index contributed by atoms with van der Waals surface area (Å²) in [5.41, 5.74) is 0. The number of benzene rings is 3. The van der Waals surface area contributed by atoms with Crippen molar-refractivity contribution in [2.45, 2.75) is 6.92 Å². The summed E-state index contributed by atoms with van der Waals surface area (Å²) in [5.74, 6) is 0. The van der Waals surface area contributed by atoms with Crippen LogP contribution in [0.4, 0.5) is 0 Å². The average molecular weight is 325 g/mol. The second-order valence-corrected chi connectivity index (χ2v) is 3.55. The topological polar surface area (TPSA) is 20.2 Å². The Morgan fingerprint density at radius 1 is 0.545 bits per heavy atom. The zero-order valence-corrected chi connectivity index (χ0v) is 14.4. The van der Waals surface area contributed by atoms with Gasteiger partial charge in [-0.25, -0.2) is 0 Å². The molecule has 0 aromatic heterocycles. The quantitative estimate of drug-likeness (QED) is 0.478. The molecule has 2 heteroatoms. The molecule has 0 saturated carbocycles. The van der Waals surface area contributed by atoms with Gasteiger partial charge in [-0.3, -0.25) is 0 Å². The third-order valence-electron chi connectivity index (χ3n) is 1.82. The Balaban J connectivity index is 0. The van der Waals surface area contributed by atoms with Crippen molar-refractivity contribution >= 4 is 0 Å². The van der Waals surface area contributed by atoms with Crippen molar-refractivity contribution in [3.63, 3.8) is 0 Å². The molecule has 3 aromatic carbocycles. The maximum Gasteiger partial charge on any atom is 3.00 e. The van der Waals surface area contributed by atoms with Crippen molar-refractivity contribution < 1.29 is 26.8 Å². The van der Waals surface area contributed by atoms with Crippen molar-refractivity contribution in [2.24, 2.45) is 0 Å². The minimum Gasteiger partial charge on any atom is -0.397 e. The maximum absolute atomic E-state index is 7.57. The molecule has 0 heterocycles. The van der Waals surface area contributed by atoms with Crippen LogP contribution in [0.1, 0.15) is 6.92 Å². The zero-order valence-electron chi connectivity index (χ0n) is 12.8. The Morgan fingerprint density at radius 3 is 0.773 bits per heavy atom. The van der Waals surface area contributed by atoms with Crippen LogP contribution in [0.15, 0.2) is 91.0 Å². The first-order valence-electron chi connectivity index (χ1n) is 6.76. The van der Waals surface area contributed by atoms with Crippen LogP contribution in [0.3, 0.4) is 0 Å². The number of hydrogen-bond acceptors (Lipinski definition) is 1. The van der Waals surface area contributed by atoms with Crippen LogP contribution in [0.2, 0.25) is 0 Å². The van der Waals surface area contributed by atoms with E-state index in [1.165, 1.54) is 0 Å². The van der Waals surface area contributed by atoms with Crippen LogP contribution in [0, 0.1) is 18.2 Å². The molecule has 0 aliphatic rings. The molecule has 3 rings (SSSR count). The van der Waals surface area contributed by atoms with Crippen LogP contribution in [-0.2, 0) is 21.7 Å². The Hall–Kier alpha value is -1.67. The molecule has 111 valence electrons. The number of rotatable bonds is 0. The molecule has 0 atom stereocenters. The minimum absolute atomic E-state index is 0. The van der Waals surface area contributed by atoms with Gasteiger partial charge in [-0.1, -0.05) is 0 Å². The Morgan fingerprint density at radius 2 is 0.727 bits per heavy atom. The molecule has 0 unspecified atom stereocenters. The van der Waals surface area contributed by atoms with E-state index < -0.39 is 0 Å². The Labute approximate surface area is 149 Å². The van der Waals surface area contributed by atoms with Gasteiger partial charge < -0.3 is 5.11 Å². The molecular weight excluding hydrogens is 304 g/mol. The van der Waals surface area contributed by atoms with Crippen LogP contribution < -0.4 is 0 Å². The fraction of sp³-hybridized carbons (Fsp3) is 0.100. The van der Waals surface area contributed by atoms with E-state index in [0.717, 1.165) is 0 Å². The van der Waals surface area contributed by atoms with Crippen LogP contribution in [0.5, 0.6) is 0 Å². The van der Waals surface area contributed by atoms with E-state index in [1.54, 1.807) is 6.92 Å². The van der Waals surface area contributed by atoms with Gasteiger partial charge >= 0.3 is 21.7 Å². The zero-order chi connectivity index (χ0) is 15.4. The van der Waals surface area contributed by atoms with Gasteiger partial charge in [-0.15, -0.1) is 0 Å². The van der Waals surface area contributed by atoms with E-state index in [-0.39, 0.29) is 28.3 Å². The van der Waals surface area contributed by atoms with Crippen LogP contribution >= 0.6 is 0 Å². The summed E-state index contributed by atoms with van der Waals surface area (Å²) in [6.07, 6.45) is 0. The largest absolute Gasteiger partial charge is 3.00 e. The molecule has 0 bridgehead atoms. The van der Waals surface area contributed by atoms with Gasteiger partial charge in [0, 0.05) is 6.61 Å². The summed E-state index contributed by atoms with van der Waals surface area (Å²) in [7, 11) is 0. The summed E-state index contributed by atoms with van der Waals surface area (Å²) >= 11 is 0. The van der Waals surface area contributed by atoms with Crippen LogP contribution in [-0.4, -0.2) is 11.7 Å². The molecule has 0 amide bonds. The fourth-order valence-electron chi connectivity index (χ4n) is 1.03. The summed E-state index contributed by atoms with van der Waals surface area (Å²) in [6.45, 7) is 1.93. The molecule has 1 N–H and O–H groups in total. The predicted octanol–water partition coefficient (Wildman–Crippen LogP) is 4.46. The van der Waals surface area contributed by atoms with Crippen molar-refractivity contribution in [1.82, 2.24) is 0 Å². The van der Waals surface area contributed by atoms with E-state index in [1.807, 2.05) is 91.0 Å². The molecule has 0 spiro atoms. The molecule has 3 aromatic rings. The monoisotopic (exact) mass is 325 g/mol. The van der Waals surface area contributed by atoms with E-state index in [2.05, 4.69) is 18.2 Å². The number of aliphatic hydroxyl groups excluding tert-OH is 1. The van der Waals surface area contributed by atoms with Crippen molar-refractivity contribution in [3.05, 3.63) is 109 Å². The first kappa shape index (κ1) is 22.6. The minimum atomic E-state index is 0. The summed E-state index contributed by atoms with van der Waals surface area (Å²) in [6, 6.07) is 37.5. The third kappa shape index (κ3) is 20.6. The van der Waals surface area contributed by atoms with Gasteiger partial charge in [0.25, 0.3) is 0 Å². The van der Waals surface area contributed by atoms with E-state index >= 15 is 0 Å². The van der Waals surface area contributed by atoms with Gasteiger partial charge in [0.1, 0.15) is 0 Å². The molecule has 0 fully saturated rings.